The predicted molar refractivity (Wildman–Crippen MR) is 77.7 cm³/mol. The van der Waals surface area contributed by atoms with E-state index in [2.05, 4.69) is 0 Å². The molecular formula is C15H12FNO4S. The molecular weight excluding hydrogens is 309 g/mol. The van der Waals surface area contributed by atoms with Crippen molar-refractivity contribution in [3.63, 3.8) is 0 Å². The molecule has 3 rings (SSSR count). The molecule has 1 amide bonds. The lowest BCUT2D eigenvalue weighted by Gasteiger charge is -2.12. The number of hydrogen-bond acceptors (Lipinski definition) is 4. The zero-order valence-electron chi connectivity index (χ0n) is 11.4. The molecule has 2 heterocycles. The number of amides is 1. The molecule has 0 radical (unpaired) electrons. The smallest absolute Gasteiger partial charge is 0.304 e. The number of hydrogen-bond donors (Lipinski definition) is 1. The summed E-state index contributed by atoms with van der Waals surface area (Å²) in [7, 11) is 0. The zero-order chi connectivity index (χ0) is 15.9. The van der Waals surface area contributed by atoms with Gasteiger partial charge in [0.15, 0.2) is 5.78 Å². The Balaban J connectivity index is 2.02. The highest BCUT2D eigenvalue weighted by Crippen LogP contribution is 2.43. The Labute approximate surface area is 129 Å². The van der Waals surface area contributed by atoms with E-state index in [9.17, 15) is 18.8 Å². The second kappa shape index (κ2) is 5.57. The van der Waals surface area contributed by atoms with Crippen molar-refractivity contribution in [3.8, 4) is 0 Å². The Hall–Kier alpha value is -2.15. The lowest BCUT2D eigenvalue weighted by Crippen LogP contribution is -2.29. The van der Waals surface area contributed by atoms with Crippen LogP contribution >= 0.6 is 11.8 Å². The second-order valence-electron chi connectivity index (χ2n) is 5.04. The van der Waals surface area contributed by atoms with Crippen LogP contribution in [0.25, 0.3) is 0 Å². The van der Waals surface area contributed by atoms with Gasteiger partial charge in [-0.3, -0.25) is 14.4 Å². The van der Waals surface area contributed by atoms with Crippen molar-refractivity contribution < 1.29 is 23.9 Å². The van der Waals surface area contributed by atoms with E-state index in [0.717, 1.165) is 0 Å². The molecule has 1 fully saturated rings. The third-order valence-electron chi connectivity index (χ3n) is 3.67. The van der Waals surface area contributed by atoms with Crippen LogP contribution in [-0.4, -0.2) is 40.0 Å². The molecule has 114 valence electrons. The lowest BCUT2D eigenvalue weighted by atomic mass is 9.91. The Kier molecular flexibility index (Phi) is 3.74. The van der Waals surface area contributed by atoms with Crippen LogP contribution in [0.1, 0.15) is 16.8 Å². The molecule has 0 spiro atoms. The average molecular weight is 321 g/mol. The first-order valence-electron chi connectivity index (χ1n) is 6.69. The predicted octanol–water partition coefficient (Wildman–Crippen LogP) is 1.90. The van der Waals surface area contributed by atoms with Crippen molar-refractivity contribution >= 4 is 29.4 Å². The standard InChI is InChI=1S/C15H12FNO4S/c16-9-3-1-8(2-4-9)13(20)12-10(7-11(18)19)14(21)17-5-6-22-15(12)17/h1-4,10H,5-7H2,(H,18,19)/t10-/m1/s1. The van der Waals surface area contributed by atoms with Gasteiger partial charge in [-0.1, -0.05) is 0 Å². The molecule has 2 aliphatic rings. The van der Waals surface area contributed by atoms with Crippen molar-refractivity contribution in [2.45, 2.75) is 6.42 Å². The first-order valence-corrected chi connectivity index (χ1v) is 7.68. The first kappa shape index (κ1) is 14.8. The minimum atomic E-state index is -1.13. The highest BCUT2D eigenvalue weighted by Gasteiger charge is 2.45. The fourth-order valence-corrected chi connectivity index (χ4v) is 3.88. The number of rotatable bonds is 4. The van der Waals surface area contributed by atoms with E-state index in [0.29, 0.717) is 17.3 Å². The fraction of sp³-hybridized carbons (Fsp3) is 0.267. The number of carbonyl (C=O) groups excluding carboxylic acids is 2. The summed E-state index contributed by atoms with van der Waals surface area (Å²) in [6.07, 6.45) is -0.415. The fourth-order valence-electron chi connectivity index (χ4n) is 2.68. The molecule has 22 heavy (non-hydrogen) atoms. The van der Waals surface area contributed by atoms with Crippen molar-refractivity contribution in [1.82, 2.24) is 4.90 Å². The Morgan fingerprint density at radius 2 is 2.00 bits per heavy atom. The monoisotopic (exact) mass is 321 g/mol. The summed E-state index contributed by atoms with van der Waals surface area (Å²) < 4.78 is 13.0. The molecule has 0 aliphatic carbocycles. The normalized spacial score (nSPS) is 20.5. The SMILES string of the molecule is O=C(O)C[C@H]1C(=O)N2CCSC2=C1C(=O)c1ccc(F)cc1. The van der Waals surface area contributed by atoms with Crippen molar-refractivity contribution in [1.29, 1.82) is 0 Å². The van der Waals surface area contributed by atoms with Gasteiger partial charge in [0.1, 0.15) is 5.82 Å². The molecule has 0 saturated carbocycles. The summed E-state index contributed by atoms with van der Waals surface area (Å²) in [5.74, 6) is -2.62. The largest absolute Gasteiger partial charge is 0.481 e. The molecule has 0 unspecified atom stereocenters. The zero-order valence-corrected chi connectivity index (χ0v) is 12.2. The average Bonchev–Trinajstić information content (AvgIpc) is 3.03. The third kappa shape index (κ3) is 2.41. The maximum absolute atomic E-state index is 13.0. The number of ketones is 1. The highest BCUT2D eigenvalue weighted by atomic mass is 32.2. The van der Waals surface area contributed by atoms with Gasteiger partial charge in [-0.2, -0.15) is 0 Å². The molecule has 0 bridgehead atoms. The Morgan fingerprint density at radius 3 is 2.64 bits per heavy atom. The Bertz CT molecular complexity index is 698. The summed E-state index contributed by atoms with van der Waals surface area (Å²) in [6.45, 7) is 0.481. The van der Waals surface area contributed by atoms with Gasteiger partial charge >= 0.3 is 5.97 Å². The number of Topliss-reactive ketones (excluding diaryl/α,β-unsaturated/α-hetero) is 1. The summed E-state index contributed by atoms with van der Waals surface area (Å²) in [6, 6.07) is 5.02. The van der Waals surface area contributed by atoms with Crippen LogP contribution in [0.2, 0.25) is 0 Å². The molecule has 1 N–H and O–H groups in total. The number of thioether (sulfide) groups is 1. The molecule has 1 saturated heterocycles. The van der Waals surface area contributed by atoms with Gasteiger partial charge in [0.25, 0.3) is 0 Å². The molecule has 1 aromatic carbocycles. The van der Waals surface area contributed by atoms with Gasteiger partial charge in [-0.25, -0.2) is 4.39 Å². The van der Waals surface area contributed by atoms with Gasteiger partial charge in [0.2, 0.25) is 5.91 Å². The quantitative estimate of drug-likeness (QED) is 0.857. The maximum atomic E-state index is 13.0. The maximum Gasteiger partial charge on any atom is 0.304 e. The summed E-state index contributed by atoms with van der Waals surface area (Å²) in [5.41, 5.74) is 0.475. The topological polar surface area (TPSA) is 74.7 Å². The molecule has 1 aromatic rings. The number of nitrogens with zero attached hydrogens (tertiary/aromatic N) is 1. The van der Waals surface area contributed by atoms with E-state index >= 15 is 0 Å². The van der Waals surface area contributed by atoms with Crippen LogP contribution in [0.15, 0.2) is 34.9 Å². The molecule has 7 heteroatoms. The van der Waals surface area contributed by atoms with E-state index in [1.165, 1.54) is 40.9 Å². The number of carbonyl (C=O) groups is 3. The van der Waals surface area contributed by atoms with Gasteiger partial charge < -0.3 is 10.0 Å². The summed E-state index contributed by atoms with van der Waals surface area (Å²) in [4.78, 5) is 37.5. The minimum absolute atomic E-state index is 0.224. The highest BCUT2D eigenvalue weighted by molar-refractivity contribution is 8.03. The number of carboxylic acids is 1. The first-order chi connectivity index (χ1) is 10.5. The number of aliphatic carboxylic acids is 1. The van der Waals surface area contributed by atoms with E-state index in [1.54, 1.807) is 0 Å². The van der Waals surface area contributed by atoms with Gasteiger partial charge in [0, 0.05) is 23.4 Å². The van der Waals surface area contributed by atoms with E-state index in [1.807, 2.05) is 0 Å². The van der Waals surface area contributed by atoms with Gasteiger partial charge in [-0.05, 0) is 24.3 Å². The number of halogens is 1. The third-order valence-corrected chi connectivity index (χ3v) is 4.77. The lowest BCUT2D eigenvalue weighted by molar-refractivity contribution is -0.141. The van der Waals surface area contributed by atoms with Crippen LogP contribution in [0.3, 0.4) is 0 Å². The van der Waals surface area contributed by atoms with E-state index < -0.39 is 29.9 Å². The molecule has 5 nitrogen and oxygen atoms in total. The van der Waals surface area contributed by atoms with Crippen LogP contribution in [0.4, 0.5) is 4.39 Å². The second-order valence-corrected chi connectivity index (χ2v) is 6.13. The van der Waals surface area contributed by atoms with Crippen LogP contribution < -0.4 is 0 Å². The number of benzene rings is 1. The van der Waals surface area contributed by atoms with E-state index in [-0.39, 0.29) is 17.0 Å². The van der Waals surface area contributed by atoms with Crippen LogP contribution in [0.5, 0.6) is 0 Å². The molecule has 1 atom stereocenters. The van der Waals surface area contributed by atoms with Crippen LogP contribution in [-0.2, 0) is 9.59 Å². The van der Waals surface area contributed by atoms with Crippen molar-refractivity contribution in [3.05, 3.63) is 46.2 Å². The van der Waals surface area contributed by atoms with Gasteiger partial charge in [-0.15, -0.1) is 11.8 Å². The van der Waals surface area contributed by atoms with Crippen molar-refractivity contribution in [2.75, 3.05) is 12.3 Å². The Morgan fingerprint density at radius 1 is 1.32 bits per heavy atom. The minimum Gasteiger partial charge on any atom is -0.481 e. The van der Waals surface area contributed by atoms with Crippen molar-refractivity contribution in [2.24, 2.45) is 5.92 Å². The van der Waals surface area contributed by atoms with Crippen LogP contribution in [0, 0.1) is 11.7 Å². The van der Waals surface area contributed by atoms with Gasteiger partial charge in [0.05, 0.1) is 17.4 Å². The number of carboxylic acid groups (broad SMARTS) is 1. The molecule has 0 aromatic heterocycles. The molecule has 2 aliphatic heterocycles. The number of fused-ring (bicyclic) bond motifs is 1. The van der Waals surface area contributed by atoms with E-state index in [4.69, 9.17) is 5.11 Å². The summed E-state index contributed by atoms with van der Waals surface area (Å²) >= 11 is 1.38. The summed E-state index contributed by atoms with van der Waals surface area (Å²) in [5, 5.41) is 9.55.